The van der Waals surface area contributed by atoms with Crippen molar-refractivity contribution in [1.29, 1.82) is 0 Å². The van der Waals surface area contributed by atoms with Crippen molar-refractivity contribution in [2.24, 2.45) is 0 Å². The van der Waals surface area contributed by atoms with Gasteiger partial charge in [-0.2, -0.15) is 0 Å². The van der Waals surface area contributed by atoms with Crippen molar-refractivity contribution in [1.82, 2.24) is 25.6 Å². The Kier molecular flexibility index (Phi) is 4.47. The number of hydrogen-bond acceptors (Lipinski definition) is 4. The molecule has 1 amide bonds. The third-order valence-corrected chi connectivity index (χ3v) is 3.05. The highest BCUT2D eigenvalue weighted by Gasteiger charge is 2.12. The van der Waals surface area contributed by atoms with E-state index in [1.54, 1.807) is 10.9 Å². The first kappa shape index (κ1) is 14.2. The van der Waals surface area contributed by atoms with E-state index in [-0.39, 0.29) is 11.9 Å². The number of likely N-dealkylation sites (N-methyl/N-ethyl adjacent to an activating group) is 1. The Morgan fingerprint density at radius 2 is 2.25 bits per heavy atom. The van der Waals surface area contributed by atoms with Crippen LogP contribution in [0, 0.1) is 6.92 Å². The smallest absolute Gasteiger partial charge is 0.273 e. The Balaban J connectivity index is 2.07. The van der Waals surface area contributed by atoms with E-state index in [2.05, 4.69) is 20.9 Å². The molecule has 106 valence electrons. The molecular weight excluding hydrogens is 254 g/mol. The lowest BCUT2D eigenvalue weighted by Gasteiger charge is -2.09. The summed E-state index contributed by atoms with van der Waals surface area (Å²) >= 11 is 0. The highest BCUT2D eigenvalue weighted by Crippen LogP contribution is 2.09. The molecule has 0 bridgehead atoms. The first-order valence-electron chi connectivity index (χ1n) is 6.55. The predicted octanol–water partition coefficient (Wildman–Crippen LogP) is 0.913. The normalized spacial score (nSPS) is 12.2. The molecule has 2 N–H and O–H groups in total. The molecule has 2 aromatic rings. The number of aryl methyl sites for hydroxylation is 1. The largest absolute Gasteiger partial charge is 0.349 e. The van der Waals surface area contributed by atoms with Crippen molar-refractivity contribution >= 4 is 5.91 Å². The van der Waals surface area contributed by atoms with E-state index in [0.717, 1.165) is 11.3 Å². The number of carbonyl (C=O) groups is 1. The van der Waals surface area contributed by atoms with Crippen molar-refractivity contribution in [2.45, 2.75) is 19.9 Å². The van der Waals surface area contributed by atoms with E-state index in [1.807, 2.05) is 45.2 Å². The summed E-state index contributed by atoms with van der Waals surface area (Å²) in [6.45, 7) is 4.55. The van der Waals surface area contributed by atoms with E-state index in [4.69, 9.17) is 0 Å². The van der Waals surface area contributed by atoms with E-state index in [1.165, 1.54) is 0 Å². The molecule has 0 saturated carbocycles. The van der Waals surface area contributed by atoms with Crippen LogP contribution in [-0.2, 0) is 0 Å². The van der Waals surface area contributed by atoms with Gasteiger partial charge in [0.1, 0.15) is 0 Å². The lowest BCUT2D eigenvalue weighted by atomic mass is 10.2. The molecule has 0 fully saturated rings. The lowest BCUT2D eigenvalue weighted by molar-refractivity contribution is 0.0945. The summed E-state index contributed by atoms with van der Waals surface area (Å²) in [6.07, 6.45) is 1.63. The summed E-state index contributed by atoms with van der Waals surface area (Å²) in [5.41, 5.74) is 2.33. The number of amides is 1. The van der Waals surface area contributed by atoms with Crippen LogP contribution in [0.3, 0.4) is 0 Å². The summed E-state index contributed by atoms with van der Waals surface area (Å²) in [4.78, 5) is 11.9. The minimum Gasteiger partial charge on any atom is -0.349 e. The Hall–Kier alpha value is -2.21. The standard InChI is InChI=1S/C14H19N5O/c1-10-5-4-6-12(7-10)19-9-13(17-18-19)14(20)16-8-11(2)15-3/h4-7,9,11,15H,8H2,1-3H3,(H,16,20). The summed E-state index contributed by atoms with van der Waals surface area (Å²) in [7, 11) is 1.85. The molecule has 0 spiro atoms. The number of rotatable bonds is 5. The number of nitrogens with one attached hydrogen (secondary N) is 2. The van der Waals surface area contributed by atoms with Crippen LogP contribution in [0.1, 0.15) is 23.0 Å². The quantitative estimate of drug-likeness (QED) is 0.849. The molecule has 0 aliphatic rings. The molecule has 1 heterocycles. The molecule has 1 atom stereocenters. The molecule has 0 aliphatic carbocycles. The molecule has 1 aromatic carbocycles. The van der Waals surface area contributed by atoms with Gasteiger partial charge in [-0.3, -0.25) is 4.79 Å². The van der Waals surface area contributed by atoms with E-state index >= 15 is 0 Å². The van der Waals surface area contributed by atoms with Gasteiger partial charge < -0.3 is 10.6 Å². The fourth-order valence-electron chi connectivity index (χ4n) is 1.70. The molecule has 6 heteroatoms. The fourth-order valence-corrected chi connectivity index (χ4v) is 1.70. The van der Waals surface area contributed by atoms with Gasteiger partial charge in [-0.15, -0.1) is 5.10 Å². The molecule has 0 aliphatic heterocycles. The van der Waals surface area contributed by atoms with Gasteiger partial charge >= 0.3 is 0 Å². The fraction of sp³-hybridized carbons (Fsp3) is 0.357. The van der Waals surface area contributed by atoms with Crippen LogP contribution >= 0.6 is 0 Å². The van der Waals surface area contributed by atoms with Gasteiger partial charge in [0.15, 0.2) is 5.69 Å². The average Bonchev–Trinajstić information content (AvgIpc) is 2.94. The van der Waals surface area contributed by atoms with Crippen molar-refractivity contribution < 1.29 is 4.79 Å². The number of carbonyl (C=O) groups excluding carboxylic acids is 1. The Bertz CT molecular complexity index is 593. The third-order valence-electron chi connectivity index (χ3n) is 3.05. The summed E-state index contributed by atoms with van der Waals surface area (Å²) in [5.74, 6) is -0.217. The van der Waals surface area contributed by atoms with Crippen molar-refractivity contribution in [3.8, 4) is 5.69 Å². The molecule has 1 aromatic heterocycles. The van der Waals surface area contributed by atoms with Crippen molar-refractivity contribution in [3.63, 3.8) is 0 Å². The van der Waals surface area contributed by atoms with Gasteiger partial charge in [0.25, 0.3) is 5.91 Å². The maximum atomic E-state index is 11.9. The number of aromatic nitrogens is 3. The van der Waals surface area contributed by atoms with Crippen molar-refractivity contribution in [3.05, 3.63) is 41.7 Å². The van der Waals surface area contributed by atoms with Crippen LogP contribution in [-0.4, -0.2) is 40.5 Å². The van der Waals surface area contributed by atoms with Crippen molar-refractivity contribution in [2.75, 3.05) is 13.6 Å². The van der Waals surface area contributed by atoms with Gasteiger partial charge in [0, 0.05) is 12.6 Å². The number of nitrogens with zero attached hydrogens (tertiary/aromatic N) is 3. The second-order valence-corrected chi connectivity index (χ2v) is 4.79. The van der Waals surface area contributed by atoms with Crippen LogP contribution < -0.4 is 10.6 Å². The van der Waals surface area contributed by atoms with Gasteiger partial charge in [-0.05, 0) is 38.6 Å². The molecule has 0 radical (unpaired) electrons. The van der Waals surface area contributed by atoms with E-state index < -0.39 is 0 Å². The zero-order valence-electron chi connectivity index (χ0n) is 11.9. The Labute approximate surface area is 118 Å². The van der Waals surface area contributed by atoms with Gasteiger partial charge in [-0.1, -0.05) is 17.3 Å². The lowest BCUT2D eigenvalue weighted by Crippen LogP contribution is -2.37. The Morgan fingerprint density at radius 3 is 2.95 bits per heavy atom. The second kappa shape index (κ2) is 6.29. The van der Waals surface area contributed by atoms with Crippen LogP contribution in [0.25, 0.3) is 5.69 Å². The van der Waals surface area contributed by atoms with Crippen LogP contribution in [0.5, 0.6) is 0 Å². The van der Waals surface area contributed by atoms with Crippen LogP contribution in [0.15, 0.2) is 30.5 Å². The molecular formula is C14H19N5O. The number of benzene rings is 1. The first-order valence-corrected chi connectivity index (χ1v) is 6.55. The maximum absolute atomic E-state index is 11.9. The average molecular weight is 273 g/mol. The molecule has 0 saturated heterocycles. The molecule has 1 unspecified atom stereocenters. The summed E-state index contributed by atoms with van der Waals surface area (Å²) < 4.78 is 1.60. The Morgan fingerprint density at radius 1 is 1.45 bits per heavy atom. The topological polar surface area (TPSA) is 71.8 Å². The molecule has 20 heavy (non-hydrogen) atoms. The predicted molar refractivity (Wildman–Crippen MR) is 77.0 cm³/mol. The SMILES string of the molecule is CNC(C)CNC(=O)c1cn(-c2cccc(C)c2)nn1. The second-order valence-electron chi connectivity index (χ2n) is 4.79. The molecule has 2 rings (SSSR count). The first-order chi connectivity index (χ1) is 9.60. The zero-order chi connectivity index (χ0) is 14.5. The monoisotopic (exact) mass is 273 g/mol. The third kappa shape index (κ3) is 3.42. The van der Waals surface area contributed by atoms with E-state index in [0.29, 0.717) is 12.2 Å². The highest BCUT2D eigenvalue weighted by molar-refractivity contribution is 5.91. The molecule has 6 nitrogen and oxygen atoms in total. The zero-order valence-corrected chi connectivity index (χ0v) is 11.9. The van der Waals surface area contributed by atoms with Crippen LogP contribution in [0.2, 0.25) is 0 Å². The summed E-state index contributed by atoms with van der Waals surface area (Å²) in [6, 6.07) is 8.07. The summed E-state index contributed by atoms with van der Waals surface area (Å²) in [5, 5.41) is 13.8. The van der Waals surface area contributed by atoms with Gasteiger partial charge in [0.05, 0.1) is 11.9 Å². The minimum atomic E-state index is -0.217. The van der Waals surface area contributed by atoms with Gasteiger partial charge in [-0.25, -0.2) is 4.68 Å². The minimum absolute atomic E-state index is 0.214. The van der Waals surface area contributed by atoms with E-state index in [9.17, 15) is 4.79 Å². The van der Waals surface area contributed by atoms with Gasteiger partial charge in [0.2, 0.25) is 0 Å². The number of hydrogen-bond donors (Lipinski definition) is 2. The van der Waals surface area contributed by atoms with Crippen LogP contribution in [0.4, 0.5) is 0 Å². The maximum Gasteiger partial charge on any atom is 0.273 e. The highest BCUT2D eigenvalue weighted by atomic mass is 16.2.